The van der Waals surface area contributed by atoms with Gasteiger partial charge in [-0.05, 0) is 51.7 Å². The molecule has 2 aliphatic rings. The summed E-state index contributed by atoms with van der Waals surface area (Å²) in [6.07, 6.45) is 5.21. The number of aliphatic carboxylic acids is 1. The summed E-state index contributed by atoms with van der Waals surface area (Å²) in [6.45, 7) is 7.36. The van der Waals surface area contributed by atoms with E-state index in [1.54, 1.807) is 6.92 Å². The molecule has 2 atom stereocenters. The van der Waals surface area contributed by atoms with E-state index in [0.29, 0.717) is 5.92 Å². The molecule has 2 fully saturated rings. The second-order valence-electron chi connectivity index (χ2n) is 5.53. The molecule has 1 N–H and O–H groups in total. The van der Waals surface area contributed by atoms with Crippen LogP contribution < -0.4 is 0 Å². The molecule has 0 aromatic carbocycles. The van der Waals surface area contributed by atoms with Gasteiger partial charge in [0.25, 0.3) is 0 Å². The minimum atomic E-state index is -0.691. The molecule has 0 aliphatic carbocycles. The maximum atomic E-state index is 10.9. The van der Waals surface area contributed by atoms with E-state index in [9.17, 15) is 4.79 Å². The minimum Gasteiger partial charge on any atom is -0.480 e. The van der Waals surface area contributed by atoms with E-state index >= 15 is 0 Å². The first-order valence-corrected chi connectivity index (χ1v) is 6.86. The number of nitrogens with zero attached hydrogens (tertiary/aromatic N) is 2. The summed E-state index contributed by atoms with van der Waals surface area (Å²) in [4.78, 5) is 15.6. The number of rotatable bonds is 4. The van der Waals surface area contributed by atoms with Crippen molar-refractivity contribution in [3.8, 4) is 0 Å². The lowest BCUT2D eigenvalue weighted by atomic mass is 10.1. The van der Waals surface area contributed by atoms with Crippen LogP contribution in [0.1, 0.15) is 32.6 Å². The van der Waals surface area contributed by atoms with Crippen LogP contribution in [-0.4, -0.2) is 59.6 Å². The van der Waals surface area contributed by atoms with E-state index in [-0.39, 0.29) is 6.04 Å². The molecule has 4 nitrogen and oxygen atoms in total. The van der Waals surface area contributed by atoms with Crippen molar-refractivity contribution in [2.75, 3.05) is 32.7 Å². The van der Waals surface area contributed by atoms with Gasteiger partial charge in [-0.2, -0.15) is 0 Å². The first-order valence-electron chi connectivity index (χ1n) is 6.86. The van der Waals surface area contributed by atoms with Gasteiger partial charge in [-0.25, -0.2) is 0 Å². The van der Waals surface area contributed by atoms with Crippen molar-refractivity contribution in [2.24, 2.45) is 5.92 Å². The Balaban J connectivity index is 1.75. The first kappa shape index (κ1) is 12.8. The van der Waals surface area contributed by atoms with E-state index in [2.05, 4.69) is 9.80 Å². The molecule has 0 amide bonds. The molecule has 2 aliphatic heterocycles. The molecule has 0 aromatic rings. The molecule has 17 heavy (non-hydrogen) atoms. The Labute approximate surface area is 104 Å². The predicted molar refractivity (Wildman–Crippen MR) is 67.1 cm³/mol. The standard InChI is InChI=1S/C13H24N2O2/c1-11(13(16)17)15-8-5-12(10-15)9-14-6-3-2-4-7-14/h11-12H,2-10H2,1H3,(H,16,17)/t11-,12+/m1/s1. The third kappa shape index (κ3) is 3.42. The van der Waals surface area contributed by atoms with E-state index in [0.717, 1.165) is 19.5 Å². The minimum absolute atomic E-state index is 0.318. The number of carboxylic acid groups (broad SMARTS) is 1. The molecule has 2 saturated heterocycles. The number of likely N-dealkylation sites (tertiary alicyclic amines) is 2. The maximum absolute atomic E-state index is 10.9. The summed E-state index contributed by atoms with van der Waals surface area (Å²) in [5.41, 5.74) is 0. The fourth-order valence-corrected chi connectivity index (χ4v) is 3.03. The van der Waals surface area contributed by atoms with Gasteiger partial charge in [0, 0.05) is 13.1 Å². The smallest absolute Gasteiger partial charge is 0.320 e. The fourth-order valence-electron chi connectivity index (χ4n) is 3.03. The zero-order chi connectivity index (χ0) is 12.3. The lowest BCUT2D eigenvalue weighted by molar-refractivity contribution is -0.142. The van der Waals surface area contributed by atoms with Crippen LogP contribution in [0.25, 0.3) is 0 Å². The van der Waals surface area contributed by atoms with Gasteiger partial charge in [0.2, 0.25) is 0 Å². The molecule has 0 saturated carbocycles. The Hall–Kier alpha value is -0.610. The Bertz CT molecular complexity index is 264. The largest absolute Gasteiger partial charge is 0.480 e. The zero-order valence-electron chi connectivity index (χ0n) is 10.8. The highest BCUT2D eigenvalue weighted by molar-refractivity contribution is 5.72. The van der Waals surface area contributed by atoms with Crippen LogP contribution in [0.4, 0.5) is 0 Å². The third-order valence-corrected chi connectivity index (χ3v) is 4.19. The zero-order valence-corrected chi connectivity index (χ0v) is 10.8. The van der Waals surface area contributed by atoms with Gasteiger partial charge in [-0.15, -0.1) is 0 Å². The number of hydrogen-bond donors (Lipinski definition) is 1. The van der Waals surface area contributed by atoms with Gasteiger partial charge in [-0.3, -0.25) is 9.69 Å². The van der Waals surface area contributed by atoms with Crippen molar-refractivity contribution in [1.29, 1.82) is 0 Å². The topological polar surface area (TPSA) is 43.8 Å². The highest BCUT2D eigenvalue weighted by Crippen LogP contribution is 2.21. The van der Waals surface area contributed by atoms with Crippen molar-refractivity contribution in [2.45, 2.75) is 38.6 Å². The summed E-state index contributed by atoms with van der Waals surface area (Å²) in [5.74, 6) is -0.0153. The van der Waals surface area contributed by atoms with Crippen LogP contribution in [0.2, 0.25) is 0 Å². The number of hydrogen-bond acceptors (Lipinski definition) is 3. The lowest BCUT2D eigenvalue weighted by Gasteiger charge is -2.29. The SMILES string of the molecule is C[C@H](C(=O)O)N1CC[C@@H](CN2CCCCC2)C1. The molecule has 2 rings (SSSR count). The second kappa shape index (κ2) is 5.83. The van der Waals surface area contributed by atoms with E-state index in [4.69, 9.17) is 5.11 Å². The Kier molecular flexibility index (Phi) is 4.40. The normalized spacial score (nSPS) is 29.4. The van der Waals surface area contributed by atoms with Gasteiger partial charge in [0.15, 0.2) is 0 Å². The summed E-state index contributed by atoms with van der Waals surface area (Å²) >= 11 is 0. The van der Waals surface area contributed by atoms with Crippen LogP contribution in [0.15, 0.2) is 0 Å². The molecule has 0 spiro atoms. The number of carboxylic acids is 1. The van der Waals surface area contributed by atoms with Crippen molar-refractivity contribution in [3.05, 3.63) is 0 Å². The van der Waals surface area contributed by atoms with Gasteiger partial charge >= 0.3 is 5.97 Å². The van der Waals surface area contributed by atoms with E-state index < -0.39 is 5.97 Å². The highest BCUT2D eigenvalue weighted by atomic mass is 16.4. The molecule has 2 heterocycles. The van der Waals surface area contributed by atoms with Gasteiger partial charge in [0.1, 0.15) is 6.04 Å². The van der Waals surface area contributed by atoms with E-state index in [1.807, 2.05) is 0 Å². The van der Waals surface area contributed by atoms with Crippen LogP contribution in [0.3, 0.4) is 0 Å². The van der Waals surface area contributed by atoms with Crippen molar-refractivity contribution >= 4 is 5.97 Å². The van der Waals surface area contributed by atoms with Crippen molar-refractivity contribution < 1.29 is 9.90 Å². The Morgan fingerprint density at radius 2 is 2.00 bits per heavy atom. The Morgan fingerprint density at radius 3 is 2.65 bits per heavy atom. The van der Waals surface area contributed by atoms with Gasteiger partial charge in [-0.1, -0.05) is 6.42 Å². The maximum Gasteiger partial charge on any atom is 0.320 e. The van der Waals surface area contributed by atoms with E-state index in [1.165, 1.54) is 38.9 Å². The summed E-state index contributed by atoms with van der Waals surface area (Å²) in [5, 5.41) is 9.00. The van der Waals surface area contributed by atoms with Crippen molar-refractivity contribution in [1.82, 2.24) is 9.80 Å². The molecule has 0 radical (unpaired) electrons. The highest BCUT2D eigenvalue weighted by Gasteiger charge is 2.30. The molecular weight excluding hydrogens is 216 g/mol. The second-order valence-corrected chi connectivity index (χ2v) is 5.53. The van der Waals surface area contributed by atoms with Gasteiger partial charge in [0.05, 0.1) is 0 Å². The first-order chi connectivity index (χ1) is 8.16. The quantitative estimate of drug-likeness (QED) is 0.803. The number of piperidine rings is 1. The average molecular weight is 240 g/mol. The summed E-state index contributed by atoms with van der Waals surface area (Å²) < 4.78 is 0. The summed E-state index contributed by atoms with van der Waals surface area (Å²) in [7, 11) is 0. The predicted octanol–water partition coefficient (Wildman–Crippen LogP) is 1.27. The Morgan fingerprint density at radius 1 is 1.29 bits per heavy atom. The molecule has 0 aromatic heterocycles. The van der Waals surface area contributed by atoms with Crippen LogP contribution in [-0.2, 0) is 4.79 Å². The lowest BCUT2D eigenvalue weighted by Crippen LogP contribution is -2.39. The molecule has 98 valence electrons. The summed E-state index contributed by atoms with van der Waals surface area (Å²) in [6, 6.07) is -0.318. The van der Waals surface area contributed by atoms with Gasteiger partial charge < -0.3 is 10.0 Å². The molecular formula is C13H24N2O2. The van der Waals surface area contributed by atoms with Crippen molar-refractivity contribution in [3.63, 3.8) is 0 Å². The third-order valence-electron chi connectivity index (χ3n) is 4.19. The van der Waals surface area contributed by atoms with Crippen LogP contribution >= 0.6 is 0 Å². The fraction of sp³-hybridized carbons (Fsp3) is 0.923. The molecule has 0 unspecified atom stereocenters. The molecule has 0 bridgehead atoms. The molecule has 4 heteroatoms. The average Bonchev–Trinajstić information content (AvgIpc) is 2.77. The van der Waals surface area contributed by atoms with Crippen LogP contribution in [0.5, 0.6) is 0 Å². The number of carbonyl (C=O) groups is 1. The van der Waals surface area contributed by atoms with Crippen LogP contribution in [0, 0.1) is 5.92 Å². The monoisotopic (exact) mass is 240 g/mol.